The van der Waals surface area contributed by atoms with Gasteiger partial charge in [0.15, 0.2) is 0 Å². The number of phenolic OH excluding ortho intramolecular Hbond substituents is 1. The van der Waals surface area contributed by atoms with Crippen LogP contribution in [0.15, 0.2) is 54.7 Å². The molecule has 2 heterocycles. The van der Waals surface area contributed by atoms with Crippen molar-refractivity contribution in [2.45, 2.75) is 82.6 Å². The standard InChI is InChI=1S/C39H53N9O8S2/c1-22(2)34-39(56)47-31(38(55)46-29(35(41)52)18-24-19-42-27-8-4-3-7-26(24)27)21-58-57-16-14-32(50)45-30(17-23-10-12-25(49)13-11-23)36(53)43-20-33(51)44-28(37(54)48-34)9-5-6-15-40/h3-4,7-8,10-13,19,22,28-31,34,42,49H,5-6,9,14-18,20-21,40H2,1-2H3,(H2,41,52)(H,43,53)(H,44,51)(H,45,50)(H,46,55)(H,47,56)(H,48,54)/t28-,29-,30-,31-,34-/m0/s1. The summed E-state index contributed by atoms with van der Waals surface area (Å²) in [6.07, 6.45) is 3.07. The second-order valence-electron chi connectivity index (χ2n) is 14.3. The van der Waals surface area contributed by atoms with Gasteiger partial charge in [-0.15, -0.1) is 0 Å². The number of carbonyl (C=O) groups is 7. The SMILES string of the molecule is CC(C)[C@@H]1NC(=O)[C@H](CCCCN)NC(=O)CNC(=O)[C@H](Cc2ccc(O)cc2)NC(=O)CCSSC[C@@H](C(=O)N[C@@H](Cc2c[nH]c3ccccc23)C(N)=O)NC1=O. The first-order chi connectivity index (χ1) is 27.7. The molecular weight excluding hydrogens is 787 g/mol. The first kappa shape index (κ1) is 45.4. The third-order valence-electron chi connectivity index (χ3n) is 9.42. The quantitative estimate of drug-likeness (QED) is 0.0872. The summed E-state index contributed by atoms with van der Waals surface area (Å²) in [5.41, 5.74) is 13.7. The van der Waals surface area contributed by atoms with Gasteiger partial charge in [-0.1, -0.05) is 65.8 Å². The van der Waals surface area contributed by atoms with E-state index in [1.165, 1.54) is 33.7 Å². The number of hydrogen-bond donors (Lipinski definition) is 10. The average Bonchev–Trinajstić information content (AvgIpc) is 3.60. The maximum Gasteiger partial charge on any atom is 0.244 e. The van der Waals surface area contributed by atoms with Gasteiger partial charge in [0.1, 0.15) is 36.0 Å². The van der Waals surface area contributed by atoms with Crippen molar-refractivity contribution in [2.75, 3.05) is 24.6 Å². The van der Waals surface area contributed by atoms with E-state index in [9.17, 15) is 38.7 Å². The molecule has 3 aromatic rings. The van der Waals surface area contributed by atoms with E-state index < -0.39 is 84.0 Å². The second kappa shape index (κ2) is 22.6. The molecule has 0 radical (unpaired) electrons. The van der Waals surface area contributed by atoms with E-state index in [4.69, 9.17) is 11.5 Å². The van der Waals surface area contributed by atoms with Gasteiger partial charge >= 0.3 is 0 Å². The summed E-state index contributed by atoms with van der Waals surface area (Å²) in [6, 6.07) is 7.95. The summed E-state index contributed by atoms with van der Waals surface area (Å²) < 4.78 is 0. The van der Waals surface area contributed by atoms with Crippen LogP contribution in [-0.2, 0) is 46.4 Å². The Kier molecular flexibility index (Phi) is 17.7. The molecular formula is C39H53N9O8S2. The monoisotopic (exact) mass is 839 g/mol. The molecule has 4 rings (SSSR count). The molecule has 0 saturated carbocycles. The number of aromatic nitrogens is 1. The average molecular weight is 840 g/mol. The van der Waals surface area contributed by atoms with E-state index in [1.807, 2.05) is 24.3 Å². The van der Waals surface area contributed by atoms with E-state index in [0.29, 0.717) is 24.9 Å². The first-order valence-corrected chi connectivity index (χ1v) is 21.6. The molecule has 314 valence electrons. The van der Waals surface area contributed by atoms with Gasteiger partial charge in [0.05, 0.1) is 6.54 Å². The zero-order valence-electron chi connectivity index (χ0n) is 32.5. The molecule has 19 heteroatoms. The summed E-state index contributed by atoms with van der Waals surface area (Å²) >= 11 is 0. The molecule has 0 aliphatic carbocycles. The molecule has 1 aromatic heterocycles. The lowest BCUT2D eigenvalue weighted by atomic mass is 10.0. The summed E-state index contributed by atoms with van der Waals surface area (Å²) in [6.45, 7) is 3.27. The minimum atomic E-state index is -1.20. The minimum absolute atomic E-state index is 0.00480. The first-order valence-electron chi connectivity index (χ1n) is 19.1. The van der Waals surface area contributed by atoms with E-state index in [1.54, 1.807) is 32.2 Å². The Morgan fingerprint density at radius 2 is 1.60 bits per heavy atom. The Labute approximate surface area is 344 Å². The fourth-order valence-corrected chi connectivity index (χ4v) is 8.35. The molecule has 2 aromatic carbocycles. The molecule has 0 unspecified atom stereocenters. The van der Waals surface area contributed by atoms with Crippen LogP contribution in [0.3, 0.4) is 0 Å². The molecule has 7 amide bonds. The number of unbranched alkanes of at least 4 members (excludes halogenated alkanes) is 1. The number of nitrogens with one attached hydrogen (secondary N) is 7. The molecule has 1 fully saturated rings. The highest BCUT2D eigenvalue weighted by molar-refractivity contribution is 8.76. The van der Waals surface area contributed by atoms with E-state index in [2.05, 4.69) is 36.9 Å². The summed E-state index contributed by atoms with van der Waals surface area (Å²) in [7, 11) is 2.46. The van der Waals surface area contributed by atoms with Crippen LogP contribution >= 0.6 is 21.6 Å². The number of aromatic amines is 1. The lowest BCUT2D eigenvalue weighted by Crippen LogP contribution is -2.60. The number of nitrogens with two attached hydrogens (primary N) is 2. The van der Waals surface area contributed by atoms with Gasteiger partial charge in [-0.25, -0.2) is 0 Å². The van der Waals surface area contributed by atoms with Gasteiger partial charge in [-0.05, 0) is 61.1 Å². The molecule has 1 aliphatic rings. The van der Waals surface area contributed by atoms with Crippen molar-refractivity contribution >= 4 is 73.8 Å². The molecule has 0 spiro atoms. The van der Waals surface area contributed by atoms with Crippen LogP contribution in [0.25, 0.3) is 10.9 Å². The minimum Gasteiger partial charge on any atom is -0.508 e. The van der Waals surface area contributed by atoms with E-state index >= 15 is 0 Å². The van der Waals surface area contributed by atoms with Gasteiger partial charge in [-0.3, -0.25) is 33.6 Å². The maximum absolute atomic E-state index is 13.9. The van der Waals surface area contributed by atoms with Crippen LogP contribution in [0.5, 0.6) is 5.75 Å². The van der Waals surface area contributed by atoms with Crippen molar-refractivity contribution in [3.63, 3.8) is 0 Å². The van der Waals surface area contributed by atoms with E-state index in [-0.39, 0.29) is 42.9 Å². The summed E-state index contributed by atoms with van der Waals surface area (Å²) in [5, 5.41) is 26.6. The summed E-state index contributed by atoms with van der Waals surface area (Å²) in [5.74, 6) is -4.74. The van der Waals surface area contributed by atoms with Crippen molar-refractivity contribution in [1.29, 1.82) is 0 Å². The highest BCUT2D eigenvalue weighted by atomic mass is 33.1. The number of primary amides is 1. The molecule has 1 aliphatic heterocycles. The predicted octanol–water partition coefficient (Wildman–Crippen LogP) is 0.254. The van der Waals surface area contributed by atoms with Gasteiger partial charge in [0.25, 0.3) is 0 Å². The Hall–Kier alpha value is -5.27. The number of phenols is 1. The normalized spacial score (nSPS) is 21.2. The smallest absolute Gasteiger partial charge is 0.244 e. The van der Waals surface area contributed by atoms with Crippen LogP contribution in [0.2, 0.25) is 0 Å². The van der Waals surface area contributed by atoms with Gasteiger partial charge in [0.2, 0.25) is 41.4 Å². The van der Waals surface area contributed by atoms with Crippen molar-refractivity contribution in [3.05, 3.63) is 65.9 Å². The van der Waals surface area contributed by atoms with Crippen LogP contribution in [0.4, 0.5) is 0 Å². The Morgan fingerprint density at radius 1 is 0.879 bits per heavy atom. The van der Waals surface area contributed by atoms with Crippen LogP contribution in [0, 0.1) is 5.92 Å². The third-order valence-corrected chi connectivity index (χ3v) is 11.8. The fourth-order valence-electron chi connectivity index (χ4n) is 6.20. The molecule has 17 nitrogen and oxygen atoms in total. The van der Waals surface area contributed by atoms with Gasteiger partial charge in [0, 0.05) is 47.9 Å². The second-order valence-corrected chi connectivity index (χ2v) is 16.9. The van der Waals surface area contributed by atoms with Crippen molar-refractivity contribution in [3.8, 4) is 5.75 Å². The largest absolute Gasteiger partial charge is 0.508 e. The molecule has 1 saturated heterocycles. The molecule has 12 N–H and O–H groups in total. The molecule has 0 bridgehead atoms. The highest BCUT2D eigenvalue weighted by Crippen LogP contribution is 2.24. The molecule has 5 atom stereocenters. The van der Waals surface area contributed by atoms with Crippen LogP contribution in [0.1, 0.15) is 50.7 Å². The Bertz CT molecular complexity index is 1910. The van der Waals surface area contributed by atoms with Gasteiger partial charge < -0.3 is 53.5 Å². The number of H-pyrrole nitrogens is 1. The van der Waals surface area contributed by atoms with Crippen molar-refractivity contribution < 1.29 is 38.7 Å². The molecule has 58 heavy (non-hydrogen) atoms. The number of hydrogen-bond acceptors (Lipinski definition) is 11. The maximum atomic E-state index is 13.9. The van der Waals surface area contributed by atoms with Crippen molar-refractivity contribution in [1.82, 2.24) is 36.9 Å². The summed E-state index contributed by atoms with van der Waals surface area (Å²) in [4.78, 5) is 96.8. The Morgan fingerprint density at radius 3 is 2.31 bits per heavy atom. The Balaban J connectivity index is 1.57. The van der Waals surface area contributed by atoms with Crippen LogP contribution < -0.4 is 43.4 Å². The number of carbonyl (C=O) groups excluding carboxylic acids is 7. The zero-order valence-corrected chi connectivity index (χ0v) is 34.1. The zero-order chi connectivity index (χ0) is 42.2. The number of aromatic hydroxyl groups is 1. The topological polar surface area (TPSA) is 280 Å². The van der Waals surface area contributed by atoms with Crippen LogP contribution in [-0.4, -0.2) is 106 Å². The predicted molar refractivity (Wildman–Crippen MR) is 223 cm³/mol. The lowest BCUT2D eigenvalue weighted by molar-refractivity contribution is -0.135. The third kappa shape index (κ3) is 14.0. The number of amides is 7. The lowest BCUT2D eigenvalue weighted by Gasteiger charge is -2.28. The fraction of sp³-hybridized carbons (Fsp3) is 0.462. The number of rotatable bonds is 12. The van der Waals surface area contributed by atoms with Gasteiger partial charge in [-0.2, -0.15) is 0 Å². The number of para-hydroxylation sites is 1. The number of fused-ring (bicyclic) bond motifs is 1. The van der Waals surface area contributed by atoms with E-state index in [0.717, 1.165) is 16.5 Å². The van der Waals surface area contributed by atoms with Crippen molar-refractivity contribution in [2.24, 2.45) is 17.4 Å². The number of benzene rings is 2. The highest BCUT2D eigenvalue weighted by Gasteiger charge is 2.33.